The van der Waals surface area contributed by atoms with Gasteiger partial charge in [0.1, 0.15) is 59.7 Å². The second kappa shape index (κ2) is 16.1. The summed E-state index contributed by atoms with van der Waals surface area (Å²) in [5.41, 5.74) is 19.2. The molecule has 0 saturated carbocycles. The zero-order valence-electron chi connectivity index (χ0n) is 38.4. The molecule has 4 aliphatic carbocycles. The van der Waals surface area contributed by atoms with Crippen LogP contribution in [0.5, 0.6) is 0 Å². The SMILES string of the molecule is CC1(C)c2cc(/C=C3\C(=O)c4cc(C#N)c(C#N)cc4C3=C(C#N)C#N)sc2-c2sc(-c3sc(-c4cc5c(s4)-c4sc(/C=C6\C(=O)c7cc(C#N)c(C#N)cc7C6=C(C#N)C#N)cc4C5(C)C)c(N)c3N)cc21. The van der Waals surface area contributed by atoms with Crippen LogP contribution in [-0.2, 0) is 10.8 Å². The number of benzene rings is 2. The number of anilines is 2. The van der Waals surface area contributed by atoms with E-state index >= 15 is 0 Å². The van der Waals surface area contributed by atoms with E-state index in [-0.39, 0.29) is 77.9 Å². The summed E-state index contributed by atoms with van der Waals surface area (Å²) in [5, 5.41) is 78.6. The van der Waals surface area contributed by atoms with Crippen molar-refractivity contribution in [2.75, 3.05) is 11.5 Å². The highest BCUT2D eigenvalue weighted by atomic mass is 32.1. The lowest BCUT2D eigenvalue weighted by Gasteiger charge is -2.19. The molecule has 342 valence electrons. The van der Waals surface area contributed by atoms with E-state index in [9.17, 15) is 51.7 Å². The van der Waals surface area contributed by atoms with Gasteiger partial charge < -0.3 is 11.5 Å². The maximum Gasteiger partial charge on any atom is 0.194 e. The van der Waals surface area contributed by atoms with Gasteiger partial charge in [-0.2, -0.15) is 42.1 Å². The van der Waals surface area contributed by atoms with Gasteiger partial charge in [-0.25, -0.2) is 0 Å². The van der Waals surface area contributed by atoms with Crippen molar-refractivity contribution in [2.45, 2.75) is 38.5 Å². The van der Waals surface area contributed by atoms with Gasteiger partial charge in [0.15, 0.2) is 11.6 Å². The standard InChI is InChI=1S/C56H26N10O2S5/c1-55(2)37-11-29(9-35-43(27(19-61)20-62)31-5-23(15-57)25(17-59)7-33(31)47(35)67)69-49(37)51-39(55)13-41(71-51)53-45(65)46(66)54(73-53)42-14-40-52(72-42)50-38(56(40,3)4)12-30(70-50)10-36-44(28(21-63)22-64)32-6-24(16-58)26(18-60)8-34(32)48(36)68/h5-14H,65-66H2,1-4H3/b35-9-,36-10-. The van der Waals surface area contributed by atoms with Crippen LogP contribution in [0, 0.1) is 90.6 Å². The fourth-order valence-electron chi connectivity index (χ4n) is 10.2. The van der Waals surface area contributed by atoms with Crippen LogP contribution in [0.3, 0.4) is 0 Å². The van der Waals surface area contributed by atoms with E-state index < -0.39 is 22.4 Å². The van der Waals surface area contributed by atoms with Crippen molar-refractivity contribution < 1.29 is 9.59 Å². The molecule has 12 nitrogen and oxygen atoms in total. The van der Waals surface area contributed by atoms with Gasteiger partial charge in [-0.1, -0.05) is 27.7 Å². The van der Waals surface area contributed by atoms with Crippen molar-refractivity contribution in [1.29, 1.82) is 42.1 Å². The Morgan fingerprint density at radius 1 is 0.438 bits per heavy atom. The molecular weight excluding hydrogens is 1010 g/mol. The molecule has 0 bridgehead atoms. The molecule has 11 rings (SSSR count). The zero-order chi connectivity index (χ0) is 51.7. The summed E-state index contributed by atoms with van der Waals surface area (Å²) in [6, 6.07) is 29.4. The fraction of sp³-hybridized carbons (Fsp3) is 0.107. The number of carbonyl (C=O) groups is 2. The monoisotopic (exact) mass is 1030 g/mol. The maximum atomic E-state index is 14.0. The third kappa shape index (κ3) is 6.37. The highest BCUT2D eigenvalue weighted by molar-refractivity contribution is 7.31. The Morgan fingerprint density at radius 3 is 1.08 bits per heavy atom. The van der Waals surface area contributed by atoms with Gasteiger partial charge in [0, 0.05) is 83.3 Å². The van der Waals surface area contributed by atoms with Crippen molar-refractivity contribution in [2.24, 2.45) is 0 Å². The highest BCUT2D eigenvalue weighted by Crippen LogP contribution is 2.62. The van der Waals surface area contributed by atoms with Crippen molar-refractivity contribution in [3.05, 3.63) is 147 Å². The number of nitrogens with two attached hydrogens (primary N) is 2. The zero-order valence-corrected chi connectivity index (χ0v) is 42.4. The lowest BCUT2D eigenvalue weighted by atomic mass is 9.83. The molecule has 0 atom stereocenters. The first-order chi connectivity index (χ1) is 35.0. The van der Waals surface area contributed by atoms with E-state index in [1.165, 1.54) is 58.3 Å². The Bertz CT molecular complexity index is 4070. The smallest absolute Gasteiger partial charge is 0.194 e. The van der Waals surface area contributed by atoms with Crippen molar-refractivity contribution in [1.82, 2.24) is 0 Å². The van der Waals surface area contributed by atoms with E-state index in [1.807, 2.05) is 60.7 Å². The predicted octanol–water partition coefficient (Wildman–Crippen LogP) is 12.8. The van der Waals surface area contributed by atoms with E-state index in [4.69, 9.17) is 11.5 Å². The van der Waals surface area contributed by atoms with E-state index in [1.54, 1.807) is 34.8 Å². The lowest BCUT2D eigenvalue weighted by Crippen LogP contribution is -2.13. The van der Waals surface area contributed by atoms with Crippen molar-refractivity contribution in [3.8, 4) is 87.6 Å². The van der Waals surface area contributed by atoms with Crippen LogP contribution in [0.2, 0.25) is 0 Å². The number of nitrogen functional groups attached to an aromatic ring is 2. The normalized spacial score (nSPS) is 15.7. The second-order valence-electron chi connectivity index (χ2n) is 18.4. The number of allylic oxidation sites excluding steroid dienone is 6. The lowest BCUT2D eigenvalue weighted by molar-refractivity contribution is 0.103. The molecule has 7 aromatic rings. The number of nitriles is 8. The highest BCUT2D eigenvalue weighted by Gasteiger charge is 2.43. The van der Waals surface area contributed by atoms with Gasteiger partial charge in [0.2, 0.25) is 0 Å². The topological polar surface area (TPSA) is 276 Å². The van der Waals surface area contributed by atoms with Gasteiger partial charge >= 0.3 is 0 Å². The summed E-state index contributed by atoms with van der Waals surface area (Å²) in [7, 11) is 0. The molecule has 73 heavy (non-hydrogen) atoms. The molecular formula is C56H26N10O2S5. The number of rotatable bonds is 4. The van der Waals surface area contributed by atoms with Crippen LogP contribution in [0.1, 0.15) is 114 Å². The van der Waals surface area contributed by atoms with E-state index in [0.29, 0.717) is 11.4 Å². The average Bonchev–Trinajstić information content (AvgIpc) is 4.28. The Hall–Kier alpha value is -9.24. The summed E-state index contributed by atoms with van der Waals surface area (Å²) in [6.45, 7) is 8.54. The quantitative estimate of drug-likeness (QED) is 0.123. The van der Waals surface area contributed by atoms with Crippen molar-refractivity contribution in [3.63, 3.8) is 0 Å². The third-order valence-corrected chi connectivity index (χ3v) is 20.2. The first-order valence-electron chi connectivity index (χ1n) is 21.8. The van der Waals surface area contributed by atoms with Gasteiger partial charge in [0.05, 0.1) is 43.4 Å². The van der Waals surface area contributed by atoms with Gasteiger partial charge in [-0.3, -0.25) is 9.59 Å². The number of Topliss-reactive ketones (excluding diaryl/α,β-unsaturated/α-hetero) is 2. The molecule has 0 spiro atoms. The molecule has 0 aliphatic heterocycles. The van der Waals surface area contributed by atoms with E-state index in [0.717, 1.165) is 71.0 Å². The first kappa shape index (κ1) is 46.2. The van der Waals surface area contributed by atoms with Gasteiger partial charge in [-0.05, 0) is 94.1 Å². The van der Waals surface area contributed by atoms with Crippen molar-refractivity contribution >= 4 is 103 Å². The summed E-state index contributed by atoms with van der Waals surface area (Å²) in [4.78, 5) is 37.1. The van der Waals surface area contributed by atoms with Crippen LogP contribution in [0.4, 0.5) is 11.4 Å². The maximum absolute atomic E-state index is 14.0. The van der Waals surface area contributed by atoms with Crippen LogP contribution in [0.25, 0.3) is 62.3 Å². The molecule has 0 saturated heterocycles. The van der Waals surface area contributed by atoms with E-state index in [2.05, 4.69) is 39.8 Å². The summed E-state index contributed by atoms with van der Waals surface area (Å²) in [5.74, 6) is -0.892. The number of thiophene rings is 5. The Kier molecular flexibility index (Phi) is 10.2. The molecule has 0 unspecified atom stereocenters. The number of hydrogen-bond donors (Lipinski definition) is 2. The number of hydrogen-bond acceptors (Lipinski definition) is 17. The molecule has 0 fully saturated rings. The Morgan fingerprint density at radius 2 is 0.753 bits per heavy atom. The molecule has 4 N–H and O–H groups in total. The number of fused-ring (bicyclic) bond motifs is 8. The Balaban J connectivity index is 0.937. The number of carbonyl (C=O) groups excluding carboxylic acids is 2. The van der Waals surface area contributed by atoms with Crippen LogP contribution in [0.15, 0.2) is 70.8 Å². The largest absolute Gasteiger partial charge is 0.396 e. The summed E-state index contributed by atoms with van der Waals surface area (Å²) < 4.78 is 0. The molecule has 5 aromatic heterocycles. The molecule has 0 radical (unpaired) electrons. The van der Waals surface area contributed by atoms with Gasteiger partial charge in [-0.15, -0.1) is 56.7 Å². The number of ketones is 2. The fourth-order valence-corrected chi connectivity index (χ4v) is 17.0. The molecule has 17 heteroatoms. The minimum Gasteiger partial charge on any atom is -0.396 e. The van der Waals surface area contributed by atoms with Crippen LogP contribution >= 0.6 is 56.7 Å². The summed E-state index contributed by atoms with van der Waals surface area (Å²) >= 11 is 7.70. The number of nitrogens with zero attached hydrogens (tertiary/aromatic N) is 8. The minimum atomic E-state index is -0.446. The minimum absolute atomic E-state index is 0.0274. The first-order valence-corrected chi connectivity index (χ1v) is 25.9. The van der Waals surface area contributed by atoms with Crippen LogP contribution in [-0.4, -0.2) is 11.6 Å². The average molecular weight is 1030 g/mol. The van der Waals surface area contributed by atoms with Gasteiger partial charge in [0.25, 0.3) is 0 Å². The summed E-state index contributed by atoms with van der Waals surface area (Å²) in [6.07, 6.45) is 3.37. The van der Waals surface area contributed by atoms with Crippen LogP contribution < -0.4 is 11.5 Å². The molecule has 4 aliphatic rings. The molecule has 0 amide bonds. The molecule has 2 aromatic carbocycles. The molecule has 5 heterocycles. The Labute approximate surface area is 436 Å². The predicted molar refractivity (Wildman–Crippen MR) is 283 cm³/mol. The third-order valence-electron chi connectivity index (χ3n) is 13.9. The second-order valence-corrected chi connectivity index (χ2v) is 23.7.